The molecule has 2 rings (SSSR count). The molecule has 78 valence electrons. The predicted octanol–water partition coefficient (Wildman–Crippen LogP) is 1.84. The second kappa shape index (κ2) is 3.91. The standard InChI is InChI=1S/C10H16ClN3/c1-14-10(11)8(3-2-6-12)9(13-14)7-4-5-7/h7H,2-6,12H2,1H3. The SMILES string of the molecule is Cn1nc(C2CC2)c(CCCN)c1Cl. The van der Waals surface area contributed by atoms with E-state index in [9.17, 15) is 0 Å². The van der Waals surface area contributed by atoms with Gasteiger partial charge in [0.25, 0.3) is 0 Å². The number of rotatable bonds is 4. The van der Waals surface area contributed by atoms with Crippen molar-refractivity contribution in [2.45, 2.75) is 31.6 Å². The highest BCUT2D eigenvalue weighted by Crippen LogP contribution is 2.42. The lowest BCUT2D eigenvalue weighted by molar-refractivity contribution is 0.744. The van der Waals surface area contributed by atoms with Gasteiger partial charge in [-0.05, 0) is 32.2 Å². The molecule has 0 amide bonds. The molecular weight excluding hydrogens is 198 g/mol. The van der Waals surface area contributed by atoms with E-state index in [-0.39, 0.29) is 0 Å². The summed E-state index contributed by atoms with van der Waals surface area (Å²) in [5, 5.41) is 5.26. The summed E-state index contributed by atoms with van der Waals surface area (Å²) in [6, 6.07) is 0. The molecule has 0 unspecified atom stereocenters. The van der Waals surface area contributed by atoms with Crippen molar-refractivity contribution in [3.63, 3.8) is 0 Å². The highest BCUT2D eigenvalue weighted by atomic mass is 35.5. The quantitative estimate of drug-likeness (QED) is 0.830. The fourth-order valence-electron chi connectivity index (χ4n) is 1.76. The Balaban J connectivity index is 2.24. The van der Waals surface area contributed by atoms with Gasteiger partial charge in [-0.3, -0.25) is 4.68 Å². The molecule has 0 aliphatic heterocycles. The molecule has 4 heteroatoms. The predicted molar refractivity (Wildman–Crippen MR) is 57.6 cm³/mol. The van der Waals surface area contributed by atoms with Crippen molar-refractivity contribution in [1.29, 1.82) is 0 Å². The van der Waals surface area contributed by atoms with Crippen LogP contribution in [0.15, 0.2) is 0 Å². The van der Waals surface area contributed by atoms with E-state index in [0.717, 1.165) is 24.5 Å². The molecule has 0 aromatic carbocycles. The maximum atomic E-state index is 6.18. The average molecular weight is 214 g/mol. The van der Waals surface area contributed by atoms with Gasteiger partial charge in [0.2, 0.25) is 0 Å². The first-order valence-corrected chi connectivity index (χ1v) is 5.53. The van der Waals surface area contributed by atoms with E-state index < -0.39 is 0 Å². The van der Waals surface area contributed by atoms with E-state index in [2.05, 4.69) is 5.10 Å². The van der Waals surface area contributed by atoms with E-state index in [1.54, 1.807) is 4.68 Å². The minimum atomic E-state index is 0.668. The Morgan fingerprint density at radius 1 is 1.57 bits per heavy atom. The molecule has 14 heavy (non-hydrogen) atoms. The highest BCUT2D eigenvalue weighted by Gasteiger charge is 2.30. The summed E-state index contributed by atoms with van der Waals surface area (Å²) in [4.78, 5) is 0. The normalized spacial score (nSPS) is 16.2. The van der Waals surface area contributed by atoms with Crippen LogP contribution in [0.1, 0.15) is 36.4 Å². The van der Waals surface area contributed by atoms with E-state index in [0.29, 0.717) is 5.92 Å². The molecule has 1 aliphatic carbocycles. The van der Waals surface area contributed by atoms with Gasteiger partial charge in [-0.2, -0.15) is 5.10 Å². The first kappa shape index (κ1) is 9.99. The molecule has 0 saturated heterocycles. The third kappa shape index (κ3) is 1.79. The third-order valence-electron chi connectivity index (χ3n) is 2.70. The third-order valence-corrected chi connectivity index (χ3v) is 3.17. The second-order valence-corrected chi connectivity index (χ2v) is 4.30. The van der Waals surface area contributed by atoms with Crippen molar-refractivity contribution in [2.75, 3.05) is 6.54 Å². The lowest BCUT2D eigenvalue weighted by Crippen LogP contribution is -2.01. The summed E-state index contributed by atoms with van der Waals surface area (Å²) in [5.74, 6) is 0.668. The number of halogens is 1. The van der Waals surface area contributed by atoms with Gasteiger partial charge in [0, 0.05) is 18.5 Å². The smallest absolute Gasteiger partial charge is 0.130 e. The molecule has 1 aromatic rings. The molecule has 3 nitrogen and oxygen atoms in total. The molecule has 0 atom stereocenters. The Morgan fingerprint density at radius 2 is 2.29 bits per heavy atom. The van der Waals surface area contributed by atoms with Crippen LogP contribution in [0.5, 0.6) is 0 Å². The van der Waals surface area contributed by atoms with Gasteiger partial charge in [0.05, 0.1) is 5.69 Å². The number of nitrogens with zero attached hydrogens (tertiary/aromatic N) is 2. The lowest BCUT2D eigenvalue weighted by Gasteiger charge is -1.99. The van der Waals surface area contributed by atoms with Gasteiger partial charge in [-0.15, -0.1) is 0 Å². The Hall–Kier alpha value is -0.540. The van der Waals surface area contributed by atoms with E-state index >= 15 is 0 Å². The number of nitrogens with two attached hydrogens (primary N) is 1. The van der Waals surface area contributed by atoms with E-state index in [1.165, 1.54) is 24.1 Å². The molecule has 0 radical (unpaired) electrons. The zero-order valence-electron chi connectivity index (χ0n) is 8.46. The summed E-state index contributed by atoms with van der Waals surface area (Å²) >= 11 is 6.18. The maximum absolute atomic E-state index is 6.18. The van der Waals surface area contributed by atoms with Crippen LogP contribution >= 0.6 is 11.6 Å². The topological polar surface area (TPSA) is 43.8 Å². The van der Waals surface area contributed by atoms with E-state index in [4.69, 9.17) is 17.3 Å². The number of hydrogen-bond acceptors (Lipinski definition) is 2. The van der Waals surface area contributed by atoms with Crippen LogP contribution in [-0.4, -0.2) is 16.3 Å². The number of aryl methyl sites for hydroxylation is 1. The van der Waals surface area contributed by atoms with Gasteiger partial charge in [-0.1, -0.05) is 11.6 Å². The van der Waals surface area contributed by atoms with Crippen LogP contribution in [-0.2, 0) is 13.5 Å². The van der Waals surface area contributed by atoms with Crippen LogP contribution < -0.4 is 5.73 Å². The van der Waals surface area contributed by atoms with Crippen molar-refractivity contribution >= 4 is 11.6 Å². The van der Waals surface area contributed by atoms with Crippen molar-refractivity contribution in [1.82, 2.24) is 9.78 Å². The Bertz CT molecular complexity index is 328. The van der Waals surface area contributed by atoms with Gasteiger partial charge >= 0.3 is 0 Å². The summed E-state index contributed by atoms with van der Waals surface area (Å²) in [7, 11) is 1.90. The second-order valence-electron chi connectivity index (χ2n) is 3.94. The molecule has 0 bridgehead atoms. The van der Waals surface area contributed by atoms with Gasteiger partial charge < -0.3 is 5.73 Å². The summed E-state index contributed by atoms with van der Waals surface area (Å²) < 4.78 is 1.78. The van der Waals surface area contributed by atoms with Crippen LogP contribution in [0, 0.1) is 0 Å². The zero-order valence-corrected chi connectivity index (χ0v) is 9.22. The van der Waals surface area contributed by atoms with Crippen LogP contribution in [0.2, 0.25) is 5.15 Å². The largest absolute Gasteiger partial charge is 0.330 e. The minimum absolute atomic E-state index is 0.668. The first-order valence-electron chi connectivity index (χ1n) is 5.15. The van der Waals surface area contributed by atoms with Gasteiger partial charge in [0.15, 0.2) is 0 Å². The van der Waals surface area contributed by atoms with Gasteiger partial charge in [-0.25, -0.2) is 0 Å². The van der Waals surface area contributed by atoms with Crippen molar-refractivity contribution in [2.24, 2.45) is 12.8 Å². The summed E-state index contributed by atoms with van der Waals surface area (Å²) in [6.45, 7) is 0.718. The summed E-state index contributed by atoms with van der Waals surface area (Å²) in [5.41, 5.74) is 7.94. The molecule has 1 aromatic heterocycles. The number of aromatic nitrogens is 2. The maximum Gasteiger partial charge on any atom is 0.130 e. The molecule has 1 aliphatic rings. The van der Waals surface area contributed by atoms with Crippen LogP contribution in [0.4, 0.5) is 0 Å². The van der Waals surface area contributed by atoms with E-state index in [1.807, 2.05) is 7.05 Å². The molecule has 1 heterocycles. The van der Waals surface area contributed by atoms with Crippen LogP contribution in [0.25, 0.3) is 0 Å². The van der Waals surface area contributed by atoms with Crippen molar-refractivity contribution in [3.8, 4) is 0 Å². The lowest BCUT2D eigenvalue weighted by atomic mass is 10.1. The Morgan fingerprint density at radius 3 is 2.86 bits per heavy atom. The van der Waals surface area contributed by atoms with Crippen molar-refractivity contribution in [3.05, 3.63) is 16.4 Å². The molecular formula is C10H16ClN3. The average Bonchev–Trinajstić information content (AvgIpc) is 2.95. The zero-order chi connectivity index (χ0) is 10.1. The van der Waals surface area contributed by atoms with Crippen molar-refractivity contribution < 1.29 is 0 Å². The summed E-state index contributed by atoms with van der Waals surface area (Å²) in [6.07, 6.45) is 4.49. The number of hydrogen-bond donors (Lipinski definition) is 1. The molecule has 1 saturated carbocycles. The molecule has 1 fully saturated rings. The van der Waals surface area contributed by atoms with Gasteiger partial charge in [0.1, 0.15) is 5.15 Å². The minimum Gasteiger partial charge on any atom is -0.330 e. The molecule has 2 N–H and O–H groups in total. The molecule has 0 spiro atoms. The fourth-order valence-corrected chi connectivity index (χ4v) is 1.99. The Kier molecular flexibility index (Phi) is 2.79. The monoisotopic (exact) mass is 213 g/mol. The van der Waals surface area contributed by atoms with Crippen LogP contribution in [0.3, 0.4) is 0 Å². The highest BCUT2D eigenvalue weighted by molar-refractivity contribution is 6.30. The Labute approximate surface area is 89.2 Å². The first-order chi connectivity index (χ1) is 6.74. The fraction of sp³-hybridized carbons (Fsp3) is 0.700.